The molecule has 0 saturated heterocycles. The van der Waals surface area contributed by atoms with Gasteiger partial charge in [0.2, 0.25) is 0 Å². The molecule has 2 aromatic heterocycles. The fourth-order valence-electron chi connectivity index (χ4n) is 2.30. The van der Waals surface area contributed by atoms with Crippen LogP contribution in [0, 0.1) is 13.8 Å². The zero-order valence-corrected chi connectivity index (χ0v) is 12.2. The van der Waals surface area contributed by atoms with E-state index in [4.69, 9.17) is 5.73 Å². The standard InChI is InChI=1S/C17H18N4/c1-12-5-6-16(8-13(12)2)21-17(9-15(10-18)20-21)14-4-3-7-19-11-14/h3-9,11H,10,18H2,1-2H3. The second kappa shape index (κ2) is 5.50. The van der Waals surface area contributed by atoms with Crippen LogP contribution in [0.25, 0.3) is 16.9 Å². The summed E-state index contributed by atoms with van der Waals surface area (Å²) in [4.78, 5) is 4.19. The van der Waals surface area contributed by atoms with Gasteiger partial charge < -0.3 is 5.73 Å². The first-order valence-electron chi connectivity index (χ1n) is 6.96. The van der Waals surface area contributed by atoms with E-state index in [1.807, 2.05) is 29.1 Å². The molecule has 0 saturated carbocycles. The van der Waals surface area contributed by atoms with Crippen molar-refractivity contribution in [1.29, 1.82) is 0 Å². The number of benzene rings is 1. The molecule has 3 aromatic rings. The topological polar surface area (TPSA) is 56.7 Å². The molecule has 106 valence electrons. The van der Waals surface area contributed by atoms with Crippen molar-refractivity contribution < 1.29 is 0 Å². The van der Waals surface area contributed by atoms with Crippen molar-refractivity contribution in [3.63, 3.8) is 0 Å². The maximum absolute atomic E-state index is 5.75. The van der Waals surface area contributed by atoms with Crippen molar-refractivity contribution >= 4 is 0 Å². The highest BCUT2D eigenvalue weighted by Gasteiger charge is 2.11. The van der Waals surface area contributed by atoms with Gasteiger partial charge in [-0.05, 0) is 55.3 Å². The molecule has 0 spiro atoms. The van der Waals surface area contributed by atoms with Crippen LogP contribution in [-0.4, -0.2) is 14.8 Å². The van der Waals surface area contributed by atoms with Crippen molar-refractivity contribution in [3.05, 3.63) is 65.6 Å². The lowest BCUT2D eigenvalue weighted by Gasteiger charge is -2.09. The van der Waals surface area contributed by atoms with Gasteiger partial charge in [-0.1, -0.05) is 6.07 Å². The highest BCUT2D eigenvalue weighted by atomic mass is 15.3. The minimum atomic E-state index is 0.422. The predicted octanol–water partition coefficient (Wildman–Crippen LogP) is 3.01. The molecule has 2 N–H and O–H groups in total. The Bertz CT molecular complexity index is 760. The molecule has 1 aromatic carbocycles. The third kappa shape index (κ3) is 2.58. The van der Waals surface area contributed by atoms with Crippen LogP contribution in [0.3, 0.4) is 0 Å². The summed E-state index contributed by atoms with van der Waals surface area (Å²) in [5, 5.41) is 4.61. The number of hydrogen-bond acceptors (Lipinski definition) is 3. The Balaban J connectivity index is 2.17. The molecule has 0 radical (unpaired) electrons. The third-order valence-electron chi connectivity index (χ3n) is 3.66. The molecule has 0 unspecified atom stereocenters. The number of nitrogens with zero attached hydrogens (tertiary/aromatic N) is 3. The number of rotatable bonds is 3. The fraction of sp³-hybridized carbons (Fsp3) is 0.176. The van der Waals surface area contributed by atoms with E-state index in [0.717, 1.165) is 22.6 Å². The van der Waals surface area contributed by atoms with Gasteiger partial charge in [-0.2, -0.15) is 5.10 Å². The molecule has 0 bridgehead atoms. The maximum Gasteiger partial charge on any atom is 0.0771 e. The lowest BCUT2D eigenvalue weighted by Crippen LogP contribution is -2.02. The van der Waals surface area contributed by atoms with E-state index in [2.05, 4.69) is 42.1 Å². The summed E-state index contributed by atoms with van der Waals surface area (Å²) < 4.78 is 1.94. The minimum absolute atomic E-state index is 0.422. The van der Waals surface area contributed by atoms with Gasteiger partial charge in [0.05, 0.1) is 17.1 Å². The summed E-state index contributed by atoms with van der Waals surface area (Å²) >= 11 is 0. The molecule has 0 aliphatic heterocycles. The van der Waals surface area contributed by atoms with Gasteiger partial charge in [0.25, 0.3) is 0 Å². The van der Waals surface area contributed by atoms with Crippen LogP contribution in [0.4, 0.5) is 0 Å². The summed E-state index contributed by atoms with van der Waals surface area (Å²) in [6.07, 6.45) is 3.61. The Morgan fingerprint density at radius 1 is 1.10 bits per heavy atom. The number of nitrogens with two attached hydrogens (primary N) is 1. The number of aryl methyl sites for hydroxylation is 2. The third-order valence-corrected chi connectivity index (χ3v) is 3.66. The summed E-state index contributed by atoms with van der Waals surface area (Å²) in [5.41, 5.74) is 12.2. The molecule has 0 aliphatic rings. The minimum Gasteiger partial charge on any atom is -0.325 e. The normalized spacial score (nSPS) is 10.8. The summed E-state index contributed by atoms with van der Waals surface area (Å²) in [5.74, 6) is 0. The van der Waals surface area contributed by atoms with E-state index >= 15 is 0 Å². The monoisotopic (exact) mass is 278 g/mol. The van der Waals surface area contributed by atoms with Crippen molar-refractivity contribution in [2.75, 3.05) is 0 Å². The average Bonchev–Trinajstić information content (AvgIpc) is 2.95. The van der Waals surface area contributed by atoms with E-state index in [1.165, 1.54) is 11.1 Å². The smallest absolute Gasteiger partial charge is 0.0771 e. The zero-order valence-electron chi connectivity index (χ0n) is 12.2. The highest BCUT2D eigenvalue weighted by Crippen LogP contribution is 2.24. The molecule has 0 amide bonds. The van der Waals surface area contributed by atoms with Crippen LogP contribution in [-0.2, 0) is 6.54 Å². The van der Waals surface area contributed by atoms with Gasteiger partial charge in [-0.3, -0.25) is 4.98 Å². The van der Waals surface area contributed by atoms with Crippen molar-refractivity contribution in [3.8, 4) is 16.9 Å². The van der Waals surface area contributed by atoms with E-state index < -0.39 is 0 Å². The first-order valence-corrected chi connectivity index (χ1v) is 6.96. The molecule has 2 heterocycles. The van der Waals surface area contributed by atoms with Crippen LogP contribution in [0.5, 0.6) is 0 Å². The van der Waals surface area contributed by atoms with Gasteiger partial charge in [0, 0.05) is 24.5 Å². The molecule has 0 fully saturated rings. The van der Waals surface area contributed by atoms with Gasteiger partial charge >= 0.3 is 0 Å². The van der Waals surface area contributed by atoms with Gasteiger partial charge in [-0.15, -0.1) is 0 Å². The Labute approximate surface area is 124 Å². The summed E-state index contributed by atoms with van der Waals surface area (Å²) in [7, 11) is 0. The van der Waals surface area contributed by atoms with E-state index in [1.54, 1.807) is 6.20 Å². The second-order valence-corrected chi connectivity index (χ2v) is 5.15. The lowest BCUT2D eigenvalue weighted by molar-refractivity contribution is 0.837. The Kier molecular flexibility index (Phi) is 3.54. The zero-order chi connectivity index (χ0) is 14.8. The number of aromatic nitrogens is 3. The van der Waals surface area contributed by atoms with Gasteiger partial charge in [-0.25, -0.2) is 4.68 Å². The quantitative estimate of drug-likeness (QED) is 0.801. The summed E-state index contributed by atoms with van der Waals surface area (Å²) in [6.45, 7) is 4.64. The van der Waals surface area contributed by atoms with E-state index in [0.29, 0.717) is 6.54 Å². The van der Waals surface area contributed by atoms with Crippen LogP contribution < -0.4 is 5.73 Å². The first kappa shape index (κ1) is 13.5. The van der Waals surface area contributed by atoms with E-state index in [9.17, 15) is 0 Å². The van der Waals surface area contributed by atoms with Crippen LogP contribution in [0.1, 0.15) is 16.8 Å². The van der Waals surface area contributed by atoms with Crippen molar-refractivity contribution in [2.45, 2.75) is 20.4 Å². The maximum atomic E-state index is 5.75. The van der Waals surface area contributed by atoms with Crippen LogP contribution in [0.15, 0.2) is 48.8 Å². The molecule has 3 rings (SSSR count). The predicted molar refractivity (Wildman–Crippen MR) is 84.2 cm³/mol. The van der Waals surface area contributed by atoms with Gasteiger partial charge in [0.1, 0.15) is 0 Å². The van der Waals surface area contributed by atoms with Gasteiger partial charge in [0.15, 0.2) is 0 Å². The molecule has 4 nitrogen and oxygen atoms in total. The lowest BCUT2D eigenvalue weighted by atomic mass is 10.1. The number of hydrogen-bond donors (Lipinski definition) is 1. The fourth-order valence-corrected chi connectivity index (χ4v) is 2.30. The molecule has 0 atom stereocenters. The number of pyridine rings is 1. The van der Waals surface area contributed by atoms with Crippen molar-refractivity contribution in [2.24, 2.45) is 5.73 Å². The van der Waals surface area contributed by atoms with Crippen LogP contribution >= 0.6 is 0 Å². The van der Waals surface area contributed by atoms with E-state index in [-0.39, 0.29) is 0 Å². The molecular weight excluding hydrogens is 260 g/mol. The molecule has 4 heteroatoms. The molecular formula is C17H18N4. The first-order chi connectivity index (χ1) is 10.2. The van der Waals surface area contributed by atoms with Crippen molar-refractivity contribution in [1.82, 2.24) is 14.8 Å². The second-order valence-electron chi connectivity index (χ2n) is 5.15. The van der Waals surface area contributed by atoms with Crippen LogP contribution in [0.2, 0.25) is 0 Å². The molecule has 21 heavy (non-hydrogen) atoms. The Morgan fingerprint density at radius 3 is 2.62 bits per heavy atom. The summed E-state index contributed by atoms with van der Waals surface area (Å²) in [6, 6.07) is 12.3. The molecule has 0 aliphatic carbocycles. The largest absolute Gasteiger partial charge is 0.325 e. The SMILES string of the molecule is Cc1ccc(-n2nc(CN)cc2-c2cccnc2)cc1C. The Morgan fingerprint density at radius 2 is 1.95 bits per heavy atom. The highest BCUT2D eigenvalue weighted by molar-refractivity contribution is 5.62. The Hall–Kier alpha value is -2.46. The average molecular weight is 278 g/mol.